The summed E-state index contributed by atoms with van der Waals surface area (Å²) in [6.45, 7) is 4.83. The van der Waals surface area contributed by atoms with Crippen molar-refractivity contribution in [1.82, 2.24) is 4.67 Å². The number of benzene rings is 1. The fourth-order valence-corrected chi connectivity index (χ4v) is 4.71. The van der Waals surface area contributed by atoms with Gasteiger partial charge in [0, 0.05) is 13.6 Å². The summed E-state index contributed by atoms with van der Waals surface area (Å²) in [7, 11) is -0.845. The largest absolute Gasteiger partial charge is 0.641 e. The van der Waals surface area contributed by atoms with Gasteiger partial charge in [0.25, 0.3) is 0 Å². The van der Waals surface area contributed by atoms with Gasteiger partial charge in [0.2, 0.25) is 0 Å². The van der Waals surface area contributed by atoms with Crippen LogP contribution in [0.1, 0.15) is 31.5 Å². The zero-order valence-electron chi connectivity index (χ0n) is 10.7. The molecule has 94 valence electrons. The van der Waals surface area contributed by atoms with Crippen molar-refractivity contribution in [2.75, 3.05) is 13.6 Å². The Morgan fingerprint density at radius 2 is 2.06 bits per heavy atom. The maximum atomic E-state index is 13.0. The summed E-state index contributed by atoms with van der Waals surface area (Å²) < 4.78 is 7.68. The fourth-order valence-electron chi connectivity index (χ4n) is 2.21. The first-order valence-electron chi connectivity index (χ1n) is 6.08. The molecule has 0 N–H and O–H groups in total. The highest BCUT2D eigenvalue weighted by Gasteiger charge is 2.45. The van der Waals surface area contributed by atoms with E-state index in [-0.39, 0.29) is 11.8 Å². The summed E-state index contributed by atoms with van der Waals surface area (Å²) in [6, 6.07) is 9.96. The molecule has 2 rings (SSSR count). The predicted molar refractivity (Wildman–Crippen MR) is 69.6 cm³/mol. The van der Waals surface area contributed by atoms with Gasteiger partial charge in [0.1, 0.15) is 11.8 Å². The third-order valence-corrected chi connectivity index (χ3v) is 6.53. The average molecular weight is 253 g/mol. The maximum absolute atomic E-state index is 13.0. The van der Waals surface area contributed by atoms with Gasteiger partial charge in [0.05, 0.1) is 0 Å². The highest BCUT2D eigenvalue weighted by atomic mass is 31.2. The monoisotopic (exact) mass is 253 g/mol. The molecule has 1 saturated heterocycles. The Hall–Kier alpha value is -0.470. The van der Waals surface area contributed by atoms with E-state index < -0.39 is 7.87 Å². The van der Waals surface area contributed by atoms with E-state index in [1.807, 2.05) is 55.9 Å². The summed E-state index contributed by atoms with van der Waals surface area (Å²) in [4.78, 5) is 13.0. The molecule has 3 atom stereocenters. The lowest BCUT2D eigenvalue weighted by Gasteiger charge is -2.45. The molecule has 1 aromatic carbocycles. The van der Waals surface area contributed by atoms with E-state index in [1.165, 1.54) is 0 Å². The first-order valence-corrected chi connectivity index (χ1v) is 7.73. The molecule has 1 aliphatic heterocycles. The van der Waals surface area contributed by atoms with Crippen LogP contribution < -0.4 is 4.89 Å². The van der Waals surface area contributed by atoms with E-state index in [0.717, 1.165) is 18.5 Å². The molecule has 0 bridgehead atoms. The zero-order chi connectivity index (χ0) is 12.5. The van der Waals surface area contributed by atoms with Crippen molar-refractivity contribution in [2.45, 2.75) is 32.0 Å². The van der Waals surface area contributed by atoms with E-state index in [9.17, 15) is 4.89 Å². The predicted octanol–water partition coefficient (Wildman–Crippen LogP) is 2.61. The molecule has 4 heteroatoms. The van der Waals surface area contributed by atoms with Crippen LogP contribution in [0.3, 0.4) is 0 Å². The van der Waals surface area contributed by atoms with Crippen LogP contribution in [0.15, 0.2) is 30.3 Å². The van der Waals surface area contributed by atoms with E-state index in [1.54, 1.807) is 0 Å². The van der Waals surface area contributed by atoms with Crippen molar-refractivity contribution >= 4 is 7.87 Å². The van der Waals surface area contributed by atoms with Crippen LogP contribution in [0.25, 0.3) is 0 Å². The minimum atomic E-state index is -2.74. The summed E-state index contributed by atoms with van der Waals surface area (Å²) >= 11 is 0. The number of rotatable bonds is 2. The fraction of sp³-hybridized carbons (Fsp3) is 0.538. The molecular formula is C13H20NO2P. The minimum Gasteiger partial charge on any atom is -0.641 e. The second-order valence-corrected chi connectivity index (χ2v) is 7.53. The highest BCUT2D eigenvalue weighted by Crippen LogP contribution is 2.67. The molecule has 0 saturated carbocycles. The number of hydrogen-bond acceptors (Lipinski definition) is 3. The Morgan fingerprint density at radius 1 is 1.41 bits per heavy atom. The van der Waals surface area contributed by atoms with Crippen LogP contribution in [0, 0.1) is 0 Å². The Labute approximate surface area is 104 Å². The Kier molecular flexibility index (Phi) is 3.84. The second-order valence-electron chi connectivity index (χ2n) is 4.74. The average Bonchev–Trinajstić information content (AvgIpc) is 2.34. The first-order chi connectivity index (χ1) is 8.04. The van der Waals surface area contributed by atoms with Crippen molar-refractivity contribution < 1.29 is 9.42 Å². The molecule has 1 aromatic rings. The topological polar surface area (TPSA) is 35.5 Å². The molecule has 17 heavy (non-hydrogen) atoms. The van der Waals surface area contributed by atoms with Gasteiger partial charge >= 0.3 is 0 Å². The van der Waals surface area contributed by atoms with Gasteiger partial charge in [-0.05, 0) is 25.8 Å². The molecule has 1 heterocycles. The molecule has 0 spiro atoms. The van der Waals surface area contributed by atoms with E-state index in [0.29, 0.717) is 0 Å². The van der Waals surface area contributed by atoms with Gasteiger partial charge in [-0.2, -0.15) is 4.67 Å². The van der Waals surface area contributed by atoms with E-state index >= 15 is 0 Å². The quantitative estimate of drug-likeness (QED) is 0.760. The van der Waals surface area contributed by atoms with Gasteiger partial charge in [-0.15, -0.1) is 0 Å². The van der Waals surface area contributed by atoms with Crippen LogP contribution in [-0.4, -0.2) is 24.4 Å². The van der Waals surface area contributed by atoms with Crippen molar-refractivity contribution in [3.05, 3.63) is 35.9 Å². The van der Waals surface area contributed by atoms with Gasteiger partial charge in [-0.25, -0.2) is 4.52 Å². The first kappa shape index (κ1) is 13.0. The molecule has 0 aromatic heterocycles. The van der Waals surface area contributed by atoms with Crippen LogP contribution in [-0.2, 0) is 4.52 Å². The van der Waals surface area contributed by atoms with Crippen LogP contribution >= 0.6 is 7.87 Å². The molecule has 3 nitrogen and oxygen atoms in total. The lowest BCUT2D eigenvalue weighted by Crippen LogP contribution is -2.40. The Balaban J connectivity index is 2.24. The lowest BCUT2D eigenvalue weighted by atomic mass is 10.2. The maximum Gasteiger partial charge on any atom is 0.180 e. The number of nitrogens with zero attached hydrogens (tertiary/aromatic N) is 1. The summed E-state index contributed by atoms with van der Waals surface area (Å²) in [6.07, 6.45) is 1.03. The smallest absolute Gasteiger partial charge is 0.180 e. The Morgan fingerprint density at radius 3 is 2.71 bits per heavy atom. The van der Waals surface area contributed by atoms with E-state index in [4.69, 9.17) is 4.52 Å². The van der Waals surface area contributed by atoms with Crippen LogP contribution in [0.4, 0.5) is 0 Å². The summed E-state index contributed by atoms with van der Waals surface area (Å²) in [5.74, 6) is 0. The molecule has 0 radical (unpaired) electrons. The SMILES string of the molecule is C[C@H](c1ccccc1)[P+]1([O-])O[C@@H](C)CCN1C. The van der Waals surface area contributed by atoms with Crippen molar-refractivity contribution in [3.63, 3.8) is 0 Å². The zero-order valence-corrected chi connectivity index (χ0v) is 11.6. The Bertz CT molecular complexity index is 373. The van der Waals surface area contributed by atoms with Gasteiger partial charge in [-0.1, -0.05) is 30.3 Å². The third kappa shape index (κ3) is 2.53. The summed E-state index contributed by atoms with van der Waals surface area (Å²) in [5.41, 5.74) is 1.01. The van der Waals surface area contributed by atoms with Gasteiger partial charge in [-0.3, -0.25) is 0 Å². The van der Waals surface area contributed by atoms with Crippen molar-refractivity contribution in [3.8, 4) is 0 Å². The molecule has 1 unspecified atom stereocenters. The van der Waals surface area contributed by atoms with E-state index in [2.05, 4.69) is 0 Å². The molecule has 0 amide bonds. The van der Waals surface area contributed by atoms with Crippen LogP contribution in [0.5, 0.6) is 0 Å². The molecule has 1 aliphatic rings. The van der Waals surface area contributed by atoms with Crippen molar-refractivity contribution in [2.24, 2.45) is 0 Å². The normalized spacial score (nSPS) is 32.4. The molecule has 1 fully saturated rings. The van der Waals surface area contributed by atoms with Gasteiger partial charge in [0.15, 0.2) is 7.87 Å². The van der Waals surface area contributed by atoms with Crippen molar-refractivity contribution in [1.29, 1.82) is 0 Å². The molecular weight excluding hydrogens is 233 g/mol. The minimum absolute atomic E-state index is 0.0727. The number of hydrogen-bond donors (Lipinski definition) is 0. The van der Waals surface area contributed by atoms with Crippen LogP contribution in [0.2, 0.25) is 0 Å². The standard InChI is InChI=1S/C13H20NO2P/c1-11-9-10-14(3)17(15,16-11)12(2)13-7-5-4-6-8-13/h4-8,11-12H,9-10H2,1-3H3/t11-,12+,17?/m0/s1. The lowest BCUT2D eigenvalue weighted by molar-refractivity contribution is -0.217. The summed E-state index contributed by atoms with van der Waals surface area (Å²) in [5, 5.41) is 0. The second kappa shape index (κ2) is 5.03. The highest BCUT2D eigenvalue weighted by molar-refractivity contribution is 7.62. The van der Waals surface area contributed by atoms with Gasteiger partial charge < -0.3 is 4.89 Å². The molecule has 0 aliphatic carbocycles. The third-order valence-electron chi connectivity index (χ3n) is 3.44.